The van der Waals surface area contributed by atoms with E-state index in [9.17, 15) is 4.79 Å². The van der Waals surface area contributed by atoms with Crippen molar-refractivity contribution in [3.05, 3.63) is 18.2 Å². The van der Waals surface area contributed by atoms with Crippen molar-refractivity contribution in [2.24, 2.45) is 5.73 Å². The Hall–Kier alpha value is -1.56. The summed E-state index contributed by atoms with van der Waals surface area (Å²) in [4.78, 5) is 15.7. The number of alkyl carbamates (subject to hydrolysis) is 1. The molecule has 1 atom stereocenters. The molecule has 0 radical (unpaired) electrons. The van der Waals surface area contributed by atoms with Gasteiger partial charge in [-0.1, -0.05) is 0 Å². The fraction of sp³-hybridized carbons (Fsp3) is 0.667. The number of amides is 1. The van der Waals surface area contributed by atoms with E-state index in [0.29, 0.717) is 13.1 Å². The van der Waals surface area contributed by atoms with Crippen LogP contribution in [0.1, 0.15) is 39.4 Å². The van der Waals surface area contributed by atoms with E-state index in [1.807, 2.05) is 32.3 Å². The second-order valence-corrected chi connectivity index (χ2v) is 5.17. The highest BCUT2D eigenvalue weighted by molar-refractivity contribution is 5.68. The van der Waals surface area contributed by atoms with Crippen LogP contribution < -0.4 is 11.1 Å². The molecule has 1 unspecified atom stereocenters. The number of carbonyl (C=O) groups is 1. The number of hydrogen-bond donors (Lipinski definition) is 2. The summed E-state index contributed by atoms with van der Waals surface area (Å²) in [6, 6.07) is -0.172. The summed E-state index contributed by atoms with van der Waals surface area (Å²) < 4.78 is 7.12. The minimum absolute atomic E-state index is 0.172. The highest BCUT2D eigenvalue weighted by Crippen LogP contribution is 2.13. The lowest BCUT2D eigenvalue weighted by Gasteiger charge is -2.22. The van der Waals surface area contributed by atoms with Gasteiger partial charge in [0, 0.05) is 13.1 Å². The molecule has 0 fully saturated rings. The maximum atomic E-state index is 11.6. The van der Waals surface area contributed by atoms with E-state index in [1.54, 1.807) is 12.5 Å². The second-order valence-electron chi connectivity index (χ2n) is 5.17. The summed E-state index contributed by atoms with van der Waals surface area (Å²) in [5, 5.41) is 2.77. The third-order valence-corrected chi connectivity index (χ3v) is 2.29. The summed E-state index contributed by atoms with van der Waals surface area (Å²) in [5.74, 6) is 0. The Balaban J connectivity index is 2.62. The smallest absolute Gasteiger partial charge is 0.408 e. The Morgan fingerprint density at radius 3 is 2.83 bits per heavy atom. The Labute approximate surface area is 108 Å². The SMILES string of the molecule is CC(NC(=O)OC(C)(C)C)c1cncn1CCN. The molecule has 0 aliphatic heterocycles. The van der Waals surface area contributed by atoms with Crippen molar-refractivity contribution in [1.82, 2.24) is 14.9 Å². The zero-order chi connectivity index (χ0) is 13.8. The first-order valence-corrected chi connectivity index (χ1v) is 6.03. The number of rotatable bonds is 4. The van der Waals surface area contributed by atoms with Crippen molar-refractivity contribution in [2.45, 2.75) is 45.9 Å². The normalized spacial score (nSPS) is 13.2. The van der Waals surface area contributed by atoms with Crippen LogP contribution in [0.15, 0.2) is 12.5 Å². The lowest BCUT2D eigenvalue weighted by Crippen LogP contribution is -2.34. The minimum Gasteiger partial charge on any atom is -0.444 e. The maximum absolute atomic E-state index is 11.6. The molecule has 1 rings (SSSR count). The number of ether oxygens (including phenoxy) is 1. The molecule has 1 aromatic heterocycles. The summed E-state index contributed by atoms with van der Waals surface area (Å²) in [6.45, 7) is 8.58. The van der Waals surface area contributed by atoms with Crippen LogP contribution >= 0.6 is 0 Å². The third kappa shape index (κ3) is 4.37. The summed E-state index contributed by atoms with van der Waals surface area (Å²) in [5.41, 5.74) is 5.92. The molecule has 1 aromatic rings. The number of nitrogens with zero attached hydrogens (tertiary/aromatic N) is 2. The van der Waals surface area contributed by atoms with Crippen LogP contribution in [0.2, 0.25) is 0 Å². The first-order chi connectivity index (χ1) is 8.33. The zero-order valence-corrected chi connectivity index (χ0v) is 11.4. The van der Waals surface area contributed by atoms with Crippen LogP contribution in [0.25, 0.3) is 0 Å². The van der Waals surface area contributed by atoms with Gasteiger partial charge in [-0.15, -0.1) is 0 Å². The van der Waals surface area contributed by atoms with E-state index in [1.165, 1.54) is 0 Å². The van der Waals surface area contributed by atoms with Crippen LogP contribution in [0.4, 0.5) is 4.79 Å². The van der Waals surface area contributed by atoms with Crippen LogP contribution in [0.5, 0.6) is 0 Å². The molecule has 0 aliphatic carbocycles. The lowest BCUT2D eigenvalue weighted by atomic mass is 10.2. The average Bonchev–Trinajstić information content (AvgIpc) is 2.63. The van der Waals surface area contributed by atoms with Crippen molar-refractivity contribution in [3.63, 3.8) is 0 Å². The minimum atomic E-state index is -0.499. The van der Waals surface area contributed by atoms with E-state index in [-0.39, 0.29) is 6.04 Å². The molecule has 102 valence electrons. The van der Waals surface area contributed by atoms with E-state index in [0.717, 1.165) is 5.69 Å². The van der Waals surface area contributed by atoms with E-state index in [2.05, 4.69) is 10.3 Å². The molecule has 0 saturated carbocycles. The van der Waals surface area contributed by atoms with E-state index in [4.69, 9.17) is 10.5 Å². The largest absolute Gasteiger partial charge is 0.444 e. The van der Waals surface area contributed by atoms with Gasteiger partial charge in [0.2, 0.25) is 0 Å². The van der Waals surface area contributed by atoms with Gasteiger partial charge in [0.05, 0.1) is 24.3 Å². The molecule has 0 aliphatic rings. The number of imidazole rings is 1. The van der Waals surface area contributed by atoms with Crippen molar-refractivity contribution in [1.29, 1.82) is 0 Å². The number of nitrogens with two attached hydrogens (primary N) is 1. The van der Waals surface area contributed by atoms with Gasteiger partial charge in [-0.05, 0) is 27.7 Å². The van der Waals surface area contributed by atoms with Crippen LogP contribution in [-0.4, -0.2) is 27.8 Å². The predicted molar refractivity (Wildman–Crippen MR) is 69.1 cm³/mol. The molecular formula is C12H22N4O2. The van der Waals surface area contributed by atoms with Gasteiger partial charge in [0.1, 0.15) is 5.60 Å². The molecule has 0 saturated heterocycles. The molecule has 6 nitrogen and oxygen atoms in total. The number of hydrogen-bond acceptors (Lipinski definition) is 4. The molecule has 0 aromatic carbocycles. The van der Waals surface area contributed by atoms with Crippen molar-refractivity contribution < 1.29 is 9.53 Å². The average molecular weight is 254 g/mol. The number of nitrogens with one attached hydrogen (secondary N) is 1. The fourth-order valence-corrected chi connectivity index (χ4v) is 1.58. The standard InChI is InChI=1S/C12H22N4O2/c1-9(15-11(17)18-12(2,3)4)10-7-14-8-16(10)6-5-13/h7-9H,5-6,13H2,1-4H3,(H,15,17). The second kappa shape index (κ2) is 5.86. The molecule has 6 heteroatoms. The van der Waals surface area contributed by atoms with Gasteiger partial charge in [-0.25, -0.2) is 9.78 Å². The topological polar surface area (TPSA) is 82.2 Å². The van der Waals surface area contributed by atoms with Crippen molar-refractivity contribution >= 4 is 6.09 Å². The Morgan fingerprint density at radius 1 is 1.61 bits per heavy atom. The van der Waals surface area contributed by atoms with Crippen molar-refractivity contribution in [2.75, 3.05) is 6.54 Å². The van der Waals surface area contributed by atoms with Gasteiger partial charge in [-0.3, -0.25) is 0 Å². The Morgan fingerprint density at radius 2 is 2.28 bits per heavy atom. The first-order valence-electron chi connectivity index (χ1n) is 6.03. The van der Waals surface area contributed by atoms with Crippen LogP contribution in [0.3, 0.4) is 0 Å². The van der Waals surface area contributed by atoms with E-state index >= 15 is 0 Å². The fourth-order valence-electron chi connectivity index (χ4n) is 1.58. The third-order valence-electron chi connectivity index (χ3n) is 2.29. The lowest BCUT2D eigenvalue weighted by molar-refractivity contribution is 0.0506. The van der Waals surface area contributed by atoms with Crippen molar-refractivity contribution in [3.8, 4) is 0 Å². The van der Waals surface area contributed by atoms with Gasteiger partial charge in [-0.2, -0.15) is 0 Å². The molecule has 1 amide bonds. The number of aromatic nitrogens is 2. The molecule has 0 spiro atoms. The quantitative estimate of drug-likeness (QED) is 0.851. The highest BCUT2D eigenvalue weighted by atomic mass is 16.6. The van der Waals surface area contributed by atoms with E-state index < -0.39 is 11.7 Å². The zero-order valence-electron chi connectivity index (χ0n) is 11.4. The van der Waals surface area contributed by atoms with Gasteiger partial charge in [0.15, 0.2) is 0 Å². The molecule has 0 bridgehead atoms. The van der Waals surface area contributed by atoms with Gasteiger partial charge >= 0.3 is 6.09 Å². The summed E-state index contributed by atoms with van der Waals surface area (Å²) in [7, 11) is 0. The summed E-state index contributed by atoms with van der Waals surface area (Å²) >= 11 is 0. The van der Waals surface area contributed by atoms with Gasteiger partial charge < -0.3 is 20.4 Å². The highest BCUT2D eigenvalue weighted by Gasteiger charge is 2.19. The Kier molecular flexibility index (Phi) is 4.72. The van der Waals surface area contributed by atoms with Crippen LogP contribution in [0, 0.1) is 0 Å². The predicted octanol–water partition coefficient (Wildman–Crippen LogP) is 1.43. The molecular weight excluding hydrogens is 232 g/mol. The maximum Gasteiger partial charge on any atom is 0.408 e. The van der Waals surface area contributed by atoms with Gasteiger partial charge in [0.25, 0.3) is 0 Å². The molecule has 18 heavy (non-hydrogen) atoms. The monoisotopic (exact) mass is 254 g/mol. The molecule has 1 heterocycles. The summed E-state index contributed by atoms with van der Waals surface area (Å²) in [6.07, 6.45) is 2.99. The first kappa shape index (κ1) is 14.5. The molecule has 3 N–H and O–H groups in total. The Bertz CT molecular complexity index is 395. The number of carbonyl (C=O) groups excluding carboxylic acids is 1. The van der Waals surface area contributed by atoms with Crippen LogP contribution in [-0.2, 0) is 11.3 Å².